The molecule has 0 unspecified atom stereocenters. The van der Waals surface area contributed by atoms with E-state index in [-0.39, 0.29) is 5.97 Å². The maximum atomic E-state index is 11.3. The highest BCUT2D eigenvalue weighted by molar-refractivity contribution is 5.96. The van der Waals surface area contributed by atoms with E-state index < -0.39 is 0 Å². The molecule has 3 nitrogen and oxygen atoms in total. The molecule has 1 aromatic rings. The number of nitrogen functional groups attached to an aromatic ring is 1. The third-order valence-corrected chi connectivity index (χ3v) is 1.95. The number of rotatable bonds is 2. The second-order valence-corrected chi connectivity index (χ2v) is 2.73. The van der Waals surface area contributed by atoms with E-state index >= 15 is 0 Å². The highest BCUT2D eigenvalue weighted by Crippen LogP contribution is 2.18. The molecule has 1 aromatic carbocycles. The molecule has 3 heteroatoms. The second kappa shape index (κ2) is 3.94. The number of esters is 1. The van der Waals surface area contributed by atoms with Gasteiger partial charge in [-0.1, -0.05) is 19.1 Å². The monoisotopic (exact) mass is 179 g/mol. The lowest BCUT2D eigenvalue weighted by atomic mass is 10.0. The van der Waals surface area contributed by atoms with E-state index in [4.69, 9.17) is 5.73 Å². The lowest BCUT2D eigenvalue weighted by Crippen LogP contribution is -2.08. The van der Waals surface area contributed by atoms with Gasteiger partial charge in [-0.25, -0.2) is 4.79 Å². The van der Waals surface area contributed by atoms with Gasteiger partial charge in [-0.05, 0) is 18.1 Å². The molecule has 0 aliphatic heterocycles. The number of aryl methyl sites for hydroxylation is 1. The summed E-state index contributed by atoms with van der Waals surface area (Å²) in [6, 6.07) is 5.41. The average Bonchev–Trinajstić information content (AvgIpc) is 2.16. The van der Waals surface area contributed by atoms with Crippen molar-refractivity contribution in [2.75, 3.05) is 12.8 Å². The van der Waals surface area contributed by atoms with Crippen LogP contribution in [0.2, 0.25) is 0 Å². The van der Waals surface area contributed by atoms with Gasteiger partial charge < -0.3 is 10.5 Å². The molecule has 0 atom stereocenters. The van der Waals surface area contributed by atoms with Crippen LogP contribution in [0.25, 0.3) is 0 Å². The summed E-state index contributed by atoms with van der Waals surface area (Å²) >= 11 is 0. The van der Waals surface area contributed by atoms with Gasteiger partial charge in [0.1, 0.15) is 0 Å². The molecule has 0 amide bonds. The molecule has 0 spiro atoms. The zero-order chi connectivity index (χ0) is 9.84. The van der Waals surface area contributed by atoms with Crippen molar-refractivity contribution in [2.24, 2.45) is 0 Å². The third kappa shape index (κ3) is 1.80. The fraction of sp³-hybridized carbons (Fsp3) is 0.300. The van der Waals surface area contributed by atoms with Crippen LogP contribution in [0, 0.1) is 0 Å². The summed E-state index contributed by atoms with van der Waals surface area (Å²) < 4.78 is 4.64. The molecule has 0 saturated heterocycles. The SMILES string of the molecule is CCc1cccc(N)c1C(=O)OC. The van der Waals surface area contributed by atoms with E-state index in [1.54, 1.807) is 6.07 Å². The first-order chi connectivity index (χ1) is 6.20. The first kappa shape index (κ1) is 9.58. The average molecular weight is 179 g/mol. The molecule has 0 heterocycles. The van der Waals surface area contributed by atoms with Crippen LogP contribution in [-0.4, -0.2) is 13.1 Å². The lowest BCUT2D eigenvalue weighted by molar-refractivity contribution is 0.0601. The number of carbonyl (C=O) groups excluding carboxylic acids is 1. The number of hydrogen-bond donors (Lipinski definition) is 1. The number of carbonyl (C=O) groups is 1. The molecule has 0 fully saturated rings. The lowest BCUT2D eigenvalue weighted by Gasteiger charge is -2.07. The summed E-state index contributed by atoms with van der Waals surface area (Å²) in [4.78, 5) is 11.3. The van der Waals surface area contributed by atoms with Crippen molar-refractivity contribution >= 4 is 11.7 Å². The van der Waals surface area contributed by atoms with Gasteiger partial charge in [0.05, 0.1) is 12.7 Å². The molecule has 1 rings (SSSR count). The minimum absolute atomic E-state index is 0.366. The highest BCUT2D eigenvalue weighted by Gasteiger charge is 2.13. The van der Waals surface area contributed by atoms with Crippen molar-refractivity contribution in [3.8, 4) is 0 Å². The predicted molar refractivity (Wildman–Crippen MR) is 51.6 cm³/mol. The van der Waals surface area contributed by atoms with Crippen LogP contribution in [0.3, 0.4) is 0 Å². The topological polar surface area (TPSA) is 52.3 Å². The number of hydrogen-bond acceptors (Lipinski definition) is 3. The van der Waals surface area contributed by atoms with Crippen molar-refractivity contribution in [1.29, 1.82) is 0 Å². The molecule has 0 bridgehead atoms. The molecule has 0 aromatic heterocycles. The van der Waals surface area contributed by atoms with E-state index in [0.29, 0.717) is 11.3 Å². The van der Waals surface area contributed by atoms with Crippen molar-refractivity contribution in [1.82, 2.24) is 0 Å². The maximum absolute atomic E-state index is 11.3. The quantitative estimate of drug-likeness (QED) is 0.554. The van der Waals surface area contributed by atoms with E-state index in [2.05, 4.69) is 4.74 Å². The minimum Gasteiger partial charge on any atom is -0.465 e. The van der Waals surface area contributed by atoms with E-state index in [1.165, 1.54) is 7.11 Å². The van der Waals surface area contributed by atoms with Crippen molar-refractivity contribution < 1.29 is 9.53 Å². The number of ether oxygens (including phenoxy) is 1. The van der Waals surface area contributed by atoms with Gasteiger partial charge in [-0.15, -0.1) is 0 Å². The number of methoxy groups -OCH3 is 1. The molecular formula is C10H13NO2. The number of anilines is 1. The Morgan fingerprint density at radius 2 is 2.23 bits per heavy atom. The first-order valence-electron chi connectivity index (χ1n) is 4.16. The molecule has 70 valence electrons. The predicted octanol–water partition coefficient (Wildman–Crippen LogP) is 1.62. The molecule has 2 N–H and O–H groups in total. The number of nitrogens with two attached hydrogens (primary N) is 1. The van der Waals surface area contributed by atoms with Gasteiger partial charge in [0.15, 0.2) is 0 Å². The molecule has 0 radical (unpaired) electrons. The zero-order valence-electron chi connectivity index (χ0n) is 7.83. The summed E-state index contributed by atoms with van der Waals surface area (Å²) in [5.41, 5.74) is 7.57. The molecule has 13 heavy (non-hydrogen) atoms. The highest BCUT2D eigenvalue weighted by atomic mass is 16.5. The summed E-state index contributed by atoms with van der Waals surface area (Å²) in [6.07, 6.45) is 0.773. The Hall–Kier alpha value is -1.51. The normalized spacial score (nSPS) is 9.69. The summed E-state index contributed by atoms with van der Waals surface area (Å²) in [5.74, 6) is -0.366. The summed E-state index contributed by atoms with van der Waals surface area (Å²) in [7, 11) is 1.36. The van der Waals surface area contributed by atoms with Gasteiger partial charge in [0.25, 0.3) is 0 Å². The summed E-state index contributed by atoms with van der Waals surface area (Å²) in [6.45, 7) is 1.97. The Morgan fingerprint density at radius 3 is 2.77 bits per heavy atom. The van der Waals surface area contributed by atoms with Crippen LogP contribution < -0.4 is 5.73 Å². The van der Waals surface area contributed by atoms with Gasteiger partial charge in [-0.3, -0.25) is 0 Å². The van der Waals surface area contributed by atoms with E-state index in [1.807, 2.05) is 19.1 Å². The Morgan fingerprint density at radius 1 is 1.54 bits per heavy atom. The van der Waals surface area contributed by atoms with Gasteiger partial charge in [0.2, 0.25) is 0 Å². The van der Waals surface area contributed by atoms with Gasteiger partial charge in [0, 0.05) is 5.69 Å². The number of benzene rings is 1. The van der Waals surface area contributed by atoms with Crippen LogP contribution >= 0.6 is 0 Å². The Labute approximate surface area is 77.5 Å². The Bertz CT molecular complexity index is 321. The Balaban J connectivity index is 3.22. The Kier molecular flexibility index (Phi) is 2.90. The van der Waals surface area contributed by atoms with Crippen molar-refractivity contribution in [3.63, 3.8) is 0 Å². The van der Waals surface area contributed by atoms with Crippen molar-refractivity contribution in [3.05, 3.63) is 29.3 Å². The first-order valence-corrected chi connectivity index (χ1v) is 4.16. The van der Waals surface area contributed by atoms with Crippen LogP contribution in [0.5, 0.6) is 0 Å². The smallest absolute Gasteiger partial charge is 0.340 e. The molecule has 0 aliphatic carbocycles. The maximum Gasteiger partial charge on any atom is 0.340 e. The van der Waals surface area contributed by atoms with Crippen LogP contribution in [0.4, 0.5) is 5.69 Å². The molecule has 0 saturated carbocycles. The zero-order valence-corrected chi connectivity index (χ0v) is 7.83. The largest absolute Gasteiger partial charge is 0.465 e. The van der Waals surface area contributed by atoms with Crippen LogP contribution in [0.15, 0.2) is 18.2 Å². The second-order valence-electron chi connectivity index (χ2n) is 2.73. The fourth-order valence-corrected chi connectivity index (χ4v) is 1.27. The van der Waals surface area contributed by atoms with Gasteiger partial charge in [-0.2, -0.15) is 0 Å². The van der Waals surface area contributed by atoms with Crippen LogP contribution in [0.1, 0.15) is 22.8 Å². The van der Waals surface area contributed by atoms with Crippen LogP contribution in [-0.2, 0) is 11.2 Å². The van der Waals surface area contributed by atoms with E-state index in [0.717, 1.165) is 12.0 Å². The van der Waals surface area contributed by atoms with Crippen molar-refractivity contribution in [2.45, 2.75) is 13.3 Å². The summed E-state index contributed by atoms with van der Waals surface area (Å²) in [5, 5.41) is 0. The fourth-order valence-electron chi connectivity index (χ4n) is 1.27. The van der Waals surface area contributed by atoms with Gasteiger partial charge >= 0.3 is 5.97 Å². The molecule has 0 aliphatic rings. The third-order valence-electron chi connectivity index (χ3n) is 1.95. The molecular weight excluding hydrogens is 166 g/mol. The van der Waals surface area contributed by atoms with E-state index in [9.17, 15) is 4.79 Å². The standard InChI is InChI=1S/C10H13NO2/c1-3-7-5-4-6-8(11)9(7)10(12)13-2/h4-6H,3,11H2,1-2H3. The minimum atomic E-state index is -0.366.